The van der Waals surface area contributed by atoms with Crippen molar-refractivity contribution in [1.29, 1.82) is 0 Å². The minimum absolute atomic E-state index is 0.221. The first-order valence-corrected chi connectivity index (χ1v) is 7.82. The minimum atomic E-state index is -0.655. The molecule has 3 rings (SSSR count). The SMILES string of the molecule is Cc1cccc(C(C)C)c1-n1c(=O)c(=O)[nH]c2cc(Cl)ccc21. The summed E-state index contributed by atoms with van der Waals surface area (Å²) in [6, 6.07) is 11.0. The standard InChI is InChI=1S/C18H17ClN2O2/c1-10(2)13-6-4-5-11(3)16(13)21-15-8-7-12(19)9-14(15)20-17(22)18(21)23/h4-10H,1-3H3,(H,20,22). The summed E-state index contributed by atoms with van der Waals surface area (Å²) in [7, 11) is 0. The number of fused-ring (bicyclic) bond motifs is 1. The molecule has 5 heteroatoms. The largest absolute Gasteiger partial charge is 0.321 e. The highest BCUT2D eigenvalue weighted by molar-refractivity contribution is 6.31. The van der Waals surface area contributed by atoms with Crippen molar-refractivity contribution in [1.82, 2.24) is 9.55 Å². The van der Waals surface area contributed by atoms with Gasteiger partial charge in [0.25, 0.3) is 0 Å². The van der Waals surface area contributed by atoms with Crippen LogP contribution in [0.4, 0.5) is 0 Å². The predicted octanol–water partition coefficient (Wildman–Crippen LogP) is 3.76. The van der Waals surface area contributed by atoms with E-state index in [-0.39, 0.29) is 5.92 Å². The first-order chi connectivity index (χ1) is 10.9. The number of aryl methyl sites for hydroxylation is 1. The van der Waals surface area contributed by atoms with Crippen LogP contribution >= 0.6 is 11.6 Å². The lowest BCUT2D eigenvalue weighted by Crippen LogP contribution is -2.36. The molecule has 118 valence electrons. The molecule has 0 saturated heterocycles. The van der Waals surface area contributed by atoms with E-state index in [0.29, 0.717) is 16.1 Å². The van der Waals surface area contributed by atoms with Crippen LogP contribution < -0.4 is 11.1 Å². The van der Waals surface area contributed by atoms with E-state index in [1.165, 1.54) is 4.57 Å². The third kappa shape index (κ3) is 2.59. The van der Waals surface area contributed by atoms with E-state index in [2.05, 4.69) is 18.8 Å². The molecule has 0 aliphatic rings. The van der Waals surface area contributed by atoms with Gasteiger partial charge in [0.05, 0.1) is 16.7 Å². The minimum Gasteiger partial charge on any atom is -0.316 e. The van der Waals surface area contributed by atoms with Gasteiger partial charge in [0, 0.05) is 5.02 Å². The van der Waals surface area contributed by atoms with Crippen molar-refractivity contribution in [2.75, 3.05) is 0 Å². The molecule has 0 aliphatic carbocycles. The summed E-state index contributed by atoms with van der Waals surface area (Å²) in [4.78, 5) is 27.3. The van der Waals surface area contributed by atoms with Gasteiger partial charge in [-0.25, -0.2) is 0 Å². The summed E-state index contributed by atoms with van der Waals surface area (Å²) >= 11 is 6.01. The zero-order chi connectivity index (χ0) is 16.7. The number of benzene rings is 2. The van der Waals surface area contributed by atoms with E-state index in [1.807, 2.05) is 25.1 Å². The van der Waals surface area contributed by atoms with E-state index in [9.17, 15) is 9.59 Å². The fraction of sp³-hybridized carbons (Fsp3) is 0.222. The molecule has 3 aromatic rings. The molecule has 1 N–H and O–H groups in total. The summed E-state index contributed by atoms with van der Waals surface area (Å²) in [6.45, 7) is 6.07. The summed E-state index contributed by atoms with van der Waals surface area (Å²) in [5.41, 5.74) is 2.67. The maximum atomic E-state index is 12.6. The summed E-state index contributed by atoms with van der Waals surface area (Å²) in [5.74, 6) is 0.221. The van der Waals surface area contributed by atoms with E-state index in [0.717, 1.165) is 16.8 Å². The number of hydrogen-bond donors (Lipinski definition) is 1. The van der Waals surface area contributed by atoms with Crippen LogP contribution in [0.2, 0.25) is 5.02 Å². The molecule has 0 aliphatic heterocycles. The molecule has 0 radical (unpaired) electrons. The highest BCUT2D eigenvalue weighted by Gasteiger charge is 2.16. The lowest BCUT2D eigenvalue weighted by molar-refractivity contribution is 0.837. The second-order valence-corrected chi connectivity index (χ2v) is 6.36. The van der Waals surface area contributed by atoms with Crippen LogP contribution in [0.5, 0.6) is 0 Å². The average molecular weight is 329 g/mol. The van der Waals surface area contributed by atoms with Gasteiger partial charge < -0.3 is 4.98 Å². The van der Waals surface area contributed by atoms with Crippen molar-refractivity contribution in [3.8, 4) is 5.69 Å². The van der Waals surface area contributed by atoms with E-state index in [1.54, 1.807) is 18.2 Å². The molecule has 0 atom stereocenters. The van der Waals surface area contributed by atoms with Crippen molar-refractivity contribution in [2.24, 2.45) is 0 Å². The highest BCUT2D eigenvalue weighted by Crippen LogP contribution is 2.27. The van der Waals surface area contributed by atoms with Crippen LogP contribution in [0.3, 0.4) is 0 Å². The van der Waals surface area contributed by atoms with Crippen LogP contribution in [0.25, 0.3) is 16.7 Å². The molecule has 0 fully saturated rings. The molecule has 0 spiro atoms. The molecule has 1 aromatic heterocycles. The Labute approximate surface area is 138 Å². The Morgan fingerprint density at radius 2 is 1.87 bits per heavy atom. The van der Waals surface area contributed by atoms with Gasteiger partial charge in [-0.3, -0.25) is 14.2 Å². The smallest absolute Gasteiger partial charge is 0.316 e. The number of hydrogen-bond acceptors (Lipinski definition) is 2. The number of H-pyrrole nitrogens is 1. The van der Waals surface area contributed by atoms with Gasteiger partial charge >= 0.3 is 11.1 Å². The lowest BCUT2D eigenvalue weighted by Gasteiger charge is -2.18. The zero-order valence-electron chi connectivity index (χ0n) is 13.2. The van der Waals surface area contributed by atoms with Gasteiger partial charge in [-0.2, -0.15) is 0 Å². The fourth-order valence-corrected chi connectivity index (χ4v) is 3.04. The molecule has 23 heavy (non-hydrogen) atoms. The van der Waals surface area contributed by atoms with Crippen molar-refractivity contribution in [2.45, 2.75) is 26.7 Å². The molecule has 0 unspecified atom stereocenters. The molecule has 4 nitrogen and oxygen atoms in total. The third-order valence-electron chi connectivity index (χ3n) is 3.96. The van der Waals surface area contributed by atoms with Crippen molar-refractivity contribution in [3.63, 3.8) is 0 Å². The second-order valence-electron chi connectivity index (χ2n) is 5.92. The van der Waals surface area contributed by atoms with Crippen LogP contribution in [-0.2, 0) is 0 Å². The monoisotopic (exact) mass is 328 g/mol. The Morgan fingerprint density at radius 3 is 2.57 bits per heavy atom. The predicted molar refractivity (Wildman–Crippen MR) is 94.0 cm³/mol. The van der Waals surface area contributed by atoms with Gasteiger partial charge in [0.15, 0.2) is 0 Å². The third-order valence-corrected chi connectivity index (χ3v) is 4.19. The van der Waals surface area contributed by atoms with Gasteiger partial charge in [-0.05, 0) is 42.2 Å². The highest BCUT2D eigenvalue weighted by atomic mass is 35.5. The molecular formula is C18H17ClN2O2. The van der Waals surface area contributed by atoms with E-state index < -0.39 is 11.1 Å². The van der Waals surface area contributed by atoms with Crippen LogP contribution in [0.1, 0.15) is 30.9 Å². The Hall–Kier alpha value is -2.33. The Bertz CT molecular complexity index is 1020. The number of halogens is 1. The number of nitrogens with one attached hydrogen (secondary N) is 1. The Balaban J connectivity index is 2.54. The maximum absolute atomic E-state index is 12.6. The summed E-state index contributed by atoms with van der Waals surface area (Å²) < 4.78 is 1.50. The zero-order valence-corrected chi connectivity index (χ0v) is 13.9. The summed E-state index contributed by atoms with van der Waals surface area (Å²) in [6.07, 6.45) is 0. The fourth-order valence-electron chi connectivity index (χ4n) is 2.87. The van der Waals surface area contributed by atoms with Crippen LogP contribution in [0.15, 0.2) is 46.0 Å². The van der Waals surface area contributed by atoms with E-state index >= 15 is 0 Å². The van der Waals surface area contributed by atoms with Crippen molar-refractivity contribution < 1.29 is 0 Å². The lowest BCUT2D eigenvalue weighted by atomic mass is 9.98. The van der Waals surface area contributed by atoms with E-state index in [4.69, 9.17) is 11.6 Å². The van der Waals surface area contributed by atoms with Gasteiger partial charge in [-0.15, -0.1) is 0 Å². The number of rotatable bonds is 2. The first kappa shape index (κ1) is 15.6. The quantitative estimate of drug-likeness (QED) is 0.728. The first-order valence-electron chi connectivity index (χ1n) is 7.44. The molecule has 2 aromatic carbocycles. The number of para-hydroxylation sites is 1. The van der Waals surface area contributed by atoms with Crippen LogP contribution in [0, 0.1) is 6.92 Å². The number of nitrogens with zero attached hydrogens (tertiary/aromatic N) is 1. The Kier molecular flexibility index (Phi) is 3.86. The average Bonchev–Trinajstić information content (AvgIpc) is 2.49. The number of aromatic nitrogens is 2. The maximum Gasteiger partial charge on any atom is 0.321 e. The Morgan fingerprint density at radius 1 is 1.13 bits per heavy atom. The number of aromatic amines is 1. The topological polar surface area (TPSA) is 54.9 Å². The normalized spacial score (nSPS) is 11.3. The van der Waals surface area contributed by atoms with Crippen molar-refractivity contribution in [3.05, 3.63) is 73.3 Å². The van der Waals surface area contributed by atoms with Gasteiger partial charge in [0.2, 0.25) is 0 Å². The summed E-state index contributed by atoms with van der Waals surface area (Å²) in [5, 5.41) is 0.507. The molecule has 0 bridgehead atoms. The molecular weight excluding hydrogens is 312 g/mol. The van der Waals surface area contributed by atoms with Gasteiger partial charge in [0.1, 0.15) is 0 Å². The van der Waals surface area contributed by atoms with Crippen LogP contribution in [-0.4, -0.2) is 9.55 Å². The molecule has 1 heterocycles. The molecule has 0 saturated carbocycles. The van der Waals surface area contributed by atoms with Crippen molar-refractivity contribution >= 4 is 22.6 Å². The van der Waals surface area contributed by atoms with Gasteiger partial charge in [-0.1, -0.05) is 43.6 Å². The molecule has 0 amide bonds. The second kappa shape index (κ2) is 5.70.